The number of carbonyl (C=O) groups is 2. The van der Waals surface area contributed by atoms with Crippen LogP contribution in [-0.2, 0) is 9.53 Å². The van der Waals surface area contributed by atoms with Crippen molar-refractivity contribution in [2.45, 2.75) is 19.9 Å². The average Bonchev–Trinajstić information content (AvgIpc) is 3.32. The summed E-state index contributed by atoms with van der Waals surface area (Å²) < 4.78 is 10.4. The third-order valence-electron chi connectivity index (χ3n) is 3.90. The number of esters is 1. The number of furan rings is 1. The fourth-order valence-corrected chi connectivity index (χ4v) is 3.32. The highest BCUT2D eigenvalue weighted by atomic mass is 32.1. The Labute approximate surface area is 155 Å². The molecule has 0 saturated carbocycles. The van der Waals surface area contributed by atoms with Crippen molar-refractivity contribution in [2.24, 2.45) is 0 Å². The molecule has 0 aliphatic carbocycles. The van der Waals surface area contributed by atoms with Crippen molar-refractivity contribution >= 4 is 23.2 Å². The van der Waals surface area contributed by atoms with E-state index in [0.29, 0.717) is 10.6 Å². The third-order valence-corrected chi connectivity index (χ3v) is 4.79. The van der Waals surface area contributed by atoms with Gasteiger partial charge in [0.25, 0.3) is 5.91 Å². The summed E-state index contributed by atoms with van der Waals surface area (Å²) in [7, 11) is 0. The molecule has 6 heteroatoms. The molecule has 2 heterocycles. The Bertz CT molecular complexity index is 881. The molecule has 3 rings (SSSR count). The minimum Gasteiger partial charge on any atom is -0.467 e. The molecule has 0 spiro atoms. The zero-order valence-corrected chi connectivity index (χ0v) is 15.3. The Hall–Kier alpha value is -2.86. The van der Waals surface area contributed by atoms with Crippen LogP contribution in [0.5, 0.6) is 0 Å². The summed E-state index contributed by atoms with van der Waals surface area (Å²) in [5.41, 5.74) is 2.90. The van der Waals surface area contributed by atoms with Gasteiger partial charge in [-0.1, -0.05) is 29.8 Å². The fourth-order valence-electron chi connectivity index (χ4n) is 2.52. The minimum absolute atomic E-state index is 0.291. The lowest BCUT2D eigenvalue weighted by atomic mass is 10.1. The number of thiophene rings is 1. The molecule has 0 radical (unpaired) electrons. The van der Waals surface area contributed by atoms with Crippen LogP contribution in [-0.4, -0.2) is 18.5 Å². The van der Waals surface area contributed by atoms with Gasteiger partial charge in [0.2, 0.25) is 0 Å². The van der Waals surface area contributed by atoms with Crippen molar-refractivity contribution < 1.29 is 18.7 Å². The van der Waals surface area contributed by atoms with Crippen LogP contribution in [0.15, 0.2) is 58.5 Å². The highest BCUT2D eigenvalue weighted by Crippen LogP contribution is 2.29. The van der Waals surface area contributed by atoms with E-state index >= 15 is 0 Å². The number of hydrogen-bond acceptors (Lipinski definition) is 5. The molecule has 0 fully saturated rings. The number of benzene rings is 1. The standard InChI is InChI=1S/C20H19NO4S/c1-13-5-7-15(8-6-13)16-9-11-26-19(16)20(23)25-12-18(22)21-14(2)17-4-3-10-24-17/h3-11,14H,12H2,1-2H3,(H,21,22)/t14-/m0/s1. The van der Waals surface area contributed by atoms with Gasteiger partial charge in [-0.3, -0.25) is 4.79 Å². The molecule has 0 aliphatic rings. The molecule has 0 aliphatic heterocycles. The van der Waals surface area contributed by atoms with Gasteiger partial charge in [0.05, 0.1) is 12.3 Å². The van der Waals surface area contributed by atoms with Crippen LogP contribution in [0.3, 0.4) is 0 Å². The van der Waals surface area contributed by atoms with E-state index in [1.165, 1.54) is 11.3 Å². The lowest BCUT2D eigenvalue weighted by molar-refractivity contribution is -0.125. The topological polar surface area (TPSA) is 68.5 Å². The first-order chi connectivity index (χ1) is 12.5. The number of hydrogen-bond donors (Lipinski definition) is 1. The summed E-state index contributed by atoms with van der Waals surface area (Å²) in [5.74, 6) is -0.239. The van der Waals surface area contributed by atoms with E-state index in [9.17, 15) is 9.59 Å². The van der Waals surface area contributed by atoms with Crippen LogP contribution >= 0.6 is 11.3 Å². The summed E-state index contributed by atoms with van der Waals surface area (Å²) in [6.45, 7) is 3.47. The summed E-state index contributed by atoms with van der Waals surface area (Å²) in [6.07, 6.45) is 1.54. The van der Waals surface area contributed by atoms with Gasteiger partial charge in [-0.05, 0) is 43.0 Å². The number of nitrogens with one attached hydrogen (secondary N) is 1. The zero-order chi connectivity index (χ0) is 18.5. The molecule has 0 saturated heterocycles. The van der Waals surface area contributed by atoms with E-state index in [2.05, 4.69) is 5.32 Å². The highest BCUT2D eigenvalue weighted by Gasteiger charge is 2.18. The molecule has 3 aromatic rings. The van der Waals surface area contributed by atoms with Crippen LogP contribution in [0.1, 0.15) is 34.0 Å². The number of aryl methyl sites for hydroxylation is 1. The molecule has 1 amide bonds. The molecule has 1 aromatic carbocycles. The summed E-state index contributed by atoms with van der Waals surface area (Å²) in [6, 6.07) is 13.0. The largest absolute Gasteiger partial charge is 0.467 e. The van der Waals surface area contributed by atoms with E-state index < -0.39 is 5.97 Å². The Balaban J connectivity index is 1.60. The van der Waals surface area contributed by atoms with Gasteiger partial charge in [-0.25, -0.2) is 4.79 Å². The third kappa shape index (κ3) is 4.21. The summed E-state index contributed by atoms with van der Waals surface area (Å²) in [5, 5.41) is 4.57. The second-order valence-corrected chi connectivity index (χ2v) is 6.83. The number of amides is 1. The molecule has 1 atom stereocenters. The molecule has 2 aromatic heterocycles. The maximum absolute atomic E-state index is 12.4. The van der Waals surface area contributed by atoms with Gasteiger partial charge < -0.3 is 14.5 Å². The normalized spacial score (nSPS) is 11.8. The number of ether oxygens (including phenoxy) is 1. The van der Waals surface area contributed by atoms with Crippen LogP contribution in [0.25, 0.3) is 11.1 Å². The van der Waals surface area contributed by atoms with Crippen molar-refractivity contribution in [3.63, 3.8) is 0 Å². The number of carbonyl (C=O) groups excluding carboxylic acids is 2. The maximum atomic E-state index is 12.4. The van der Waals surface area contributed by atoms with Gasteiger partial charge in [-0.2, -0.15) is 0 Å². The Morgan fingerprint density at radius 2 is 1.96 bits per heavy atom. The molecular formula is C20H19NO4S. The monoisotopic (exact) mass is 369 g/mol. The lowest BCUT2D eigenvalue weighted by Gasteiger charge is -2.11. The maximum Gasteiger partial charge on any atom is 0.349 e. The van der Waals surface area contributed by atoms with Crippen molar-refractivity contribution in [2.75, 3.05) is 6.61 Å². The molecule has 5 nitrogen and oxygen atoms in total. The quantitative estimate of drug-likeness (QED) is 0.656. The SMILES string of the molecule is Cc1ccc(-c2ccsc2C(=O)OCC(=O)N[C@@H](C)c2ccco2)cc1. The van der Waals surface area contributed by atoms with Crippen LogP contribution in [0.2, 0.25) is 0 Å². The zero-order valence-electron chi connectivity index (χ0n) is 14.5. The van der Waals surface area contributed by atoms with Gasteiger partial charge >= 0.3 is 5.97 Å². The molecule has 26 heavy (non-hydrogen) atoms. The molecular weight excluding hydrogens is 350 g/mol. The minimum atomic E-state index is -0.503. The second-order valence-electron chi connectivity index (χ2n) is 5.91. The van der Waals surface area contributed by atoms with Crippen LogP contribution < -0.4 is 5.32 Å². The first-order valence-electron chi connectivity index (χ1n) is 8.19. The Morgan fingerprint density at radius 1 is 1.19 bits per heavy atom. The average molecular weight is 369 g/mol. The molecule has 1 N–H and O–H groups in total. The van der Waals surface area contributed by atoms with Crippen molar-refractivity contribution in [3.05, 3.63) is 70.3 Å². The second kappa shape index (κ2) is 8.01. The van der Waals surface area contributed by atoms with Crippen LogP contribution in [0.4, 0.5) is 0 Å². The smallest absolute Gasteiger partial charge is 0.349 e. The molecule has 0 unspecified atom stereocenters. The first kappa shape index (κ1) is 17.9. The highest BCUT2D eigenvalue weighted by molar-refractivity contribution is 7.12. The summed E-state index contributed by atoms with van der Waals surface area (Å²) >= 11 is 1.30. The van der Waals surface area contributed by atoms with Gasteiger partial charge in [-0.15, -0.1) is 11.3 Å². The van der Waals surface area contributed by atoms with Gasteiger partial charge in [0, 0.05) is 5.56 Å². The predicted octanol–water partition coefficient (Wildman–Crippen LogP) is 4.35. The molecule has 0 bridgehead atoms. The summed E-state index contributed by atoms with van der Waals surface area (Å²) in [4.78, 5) is 24.9. The van der Waals surface area contributed by atoms with Crippen molar-refractivity contribution in [3.8, 4) is 11.1 Å². The lowest BCUT2D eigenvalue weighted by Crippen LogP contribution is -2.30. The van der Waals surface area contributed by atoms with Gasteiger partial charge in [0.15, 0.2) is 6.61 Å². The van der Waals surface area contributed by atoms with Crippen LogP contribution in [0, 0.1) is 6.92 Å². The Kier molecular flexibility index (Phi) is 5.53. The van der Waals surface area contributed by atoms with Crippen molar-refractivity contribution in [1.29, 1.82) is 0 Å². The van der Waals surface area contributed by atoms with Crippen molar-refractivity contribution in [1.82, 2.24) is 5.32 Å². The first-order valence-corrected chi connectivity index (χ1v) is 9.07. The fraction of sp³-hybridized carbons (Fsp3) is 0.200. The van der Waals surface area contributed by atoms with Gasteiger partial charge in [0.1, 0.15) is 10.6 Å². The van der Waals surface area contributed by atoms with E-state index in [1.54, 1.807) is 25.3 Å². The van der Waals surface area contributed by atoms with E-state index in [0.717, 1.165) is 16.7 Å². The predicted molar refractivity (Wildman–Crippen MR) is 100 cm³/mol. The van der Waals surface area contributed by atoms with E-state index in [4.69, 9.17) is 9.15 Å². The van der Waals surface area contributed by atoms with E-state index in [1.807, 2.05) is 42.6 Å². The Morgan fingerprint density at radius 3 is 2.65 bits per heavy atom. The molecule has 134 valence electrons. The number of rotatable bonds is 6. The van der Waals surface area contributed by atoms with E-state index in [-0.39, 0.29) is 18.6 Å².